The molecule has 0 bridgehead atoms. The van der Waals surface area contributed by atoms with Crippen LogP contribution in [-0.4, -0.2) is 9.91 Å². The van der Waals surface area contributed by atoms with Crippen LogP contribution in [0.3, 0.4) is 0 Å². The van der Waals surface area contributed by atoms with Crippen molar-refractivity contribution in [2.75, 3.05) is 5.32 Å². The van der Waals surface area contributed by atoms with E-state index in [1.54, 1.807) is 18.2 Å². The number of rotatable bonds is 3. The molecule has 0 atom stereocenters. The molecular formula is C11H6Br2ClN3O2. The minimum atomic E-state index is -0.496. The smallest absolute Gasteiger partial charge is 0.312 e. The van der Waals surface area contributed by atoms with Gasteiger partial charge in [0.05, 0.1) is 10.6 Å². The number of benzene rings is 1. The zero-order valence-electron chi connectivity index (χ0n) is 9.23. The van der Waals surface area contributed by atoms with E-state index < -0.39 is 4.92 Å². The minimum absolute atomic E-state index is 0.115. The van der Waals surface area contributed by atoms with E-state index in [1.165, 1.54) is 12.3 Å². The molecule has 5 nitrogen and oxygen atoms in total. The fourth-order valence-electron chi connectivity index (χ4n) is 1.38. The van der Waals surface area contributed by atoms with E-state index in [1.807, 2.05) is 0 Å². The molecule has 19 heavy (non-hydrogen) atoms. The Bertz CT molecular complexity index is 652. The molecule has 0 amide bonds. The van der Waals surface area contributed by atoms with Gasteiger partial charge in [0.15, 0.2) is 0 Å². The second-order valence-electron chi connectivity index (χ2n) is 3.53. The van der Waals surface area contributed by atoms with Crippen molar-refractivity contribution in [2.45, 2.75) is 0 Å². The number of aromatic nitrogens is 1. The summed E-state index contributed by atoms with van der Waals surface area (Å²) < 4.78 is 1.24. The topological polar surface area (TPSA) is 68.1 Å². The lowest BCUT2D eigenvalue weighted by atomic mass is 10.3. The molecule has 0 unspecified atom stereocenters. The van der Waals surface area contributed by atoms with Gasteiger partial charge in [0.25, 0.3) is 0 Å². The lowest BCUT2D eigenvalue weighted by Gasteiger charge is -2.08. The third-order valence-corrected chi connectivity index (χ3v) is 3.54. The second-order valence-corrected chi connectivity index (χ2v) is 5.73. The third kappa shape index (κ3) is 3.43. The van der Waals surface area contributed by atoms with Gasteiger partial charge in [-0.1, -0.05) is 11.6 Å². The molecule has 1 aromatic heterocycles. The van der Waals surface area contributed by atoms with E-state index in [-0.39, 0.29) is 11.5 Å². The van der Waals surface area contributed by atoms with Gasteiger partial charge in [-0.3, -0.25) is 10.1 Å². The summed E-state index contributed by atoms with van der Waals surface area (Å²) in [7, 11) is 0. The van der Waals surface area contributed by atoms with Crippen LogP contribution in [0.15, 0.2) is 39.4 Å². The van der Waals surface area contributed by atoms with Gasteiger partial charge in [0.1, 0.15) is 0 Å². The van der Waals surface area contributed by atoms with Crippen molar-refractivity contribution in [1.29, 1.82) is 0 Å². The Morgan fingerprint density at radius 3 is 2.68 bits per heavy atom. The predicted octanol–water partition coefficient (Wildman–Crippen LogP) is 4.91. The monoisotopic (exact) mass is 405 g/mol. The first kappa shape index (κ1) is 14.2. The quantitative estimate of drug-likeness (QED) is 0.580. The normalized spacial score (nSPS) is 10.3. The number of pyridine rings is 1. The van der Waals surface area contributed by atoms with Gasteiger partial charge in [0, 0.05) is 26.2 Å². The average molecular weight is 407 g/mol. The number of halogens is 3. The van der Waals surface area contributed by atoms with E-state index in [2.05, 4.69) is 42.2 Å². The van der Waals surface area contributed by atoms with E-state index in [4.69, 9.17) is 11.6 Å². The van der Waals surface area contributed by atoms with E-state index in [9.17, 15) is 10.1 Å². The standard InChI is InChI=1S/C11H6Br2ClN3O2/c12-6-3-10(17(18)19)11(15-5-6)16-9-2-1-7(14)4-8(9)13/h1-5H,(H,15,16). The Balaban J connectivity index is 2.40. The molecule has 1 heterocycles. The lowest BCUT2D eigenvalue weighted by Crippen LogP contribution is -2.00. The molecule has 0 saturated carbocycles. The number of nitrogens with zero attached hydrogens (tertiary/aromatic N) is 2. The van der Waals surface area contributed by atoms with Crippen LogP contribution in [0.1, 0.15) is 0 Å². The summed E-state index contributed by atoms with van der Waals surface area (Å²) >= 11 is 12.3. The first-order valence-corrected chi connectivity index (χ1v) is 6.96. The highest BCUT2D eigenvalue weighted by Crippen LogP contribution is 2.32. The summed E-state index contributed by atoms with van der Waals surface area (Å²) in [4.78, 5) is 14.5. The number of nitrogens with one attached hydrogen (secondary N) is 1. The summed E-state index contributed by atoms with van der Waals surface area (Å²) in [5.74, 6) is 0.163. The lowest BCUT2D eigenvalue weighted by molar-refractivity contribution is -0.384. The molecule has 2 rings (SSSR count). The predicted molar refractivity (Wildman–Crippen MR) is 81.0 cm³/mol. The Morgan fingerprint density at radius 1 is 1.32 bits per heavy atom. The van der Waals surface area contributed by atoms with Gasteiger partial charge in [-0.25, -0.2) is 4.98 Å². The van der Waals surface area contributed by atoms with Crippen molar-refractivity contribution in [2.24, 2.45) is 0 Å². The Labute approximate surface area is 130 Å². The highest BCUT2D eigenvalue weighted by atomic mass is 79.9. The summed E-state index contributed by atoms with van der Waals surface area (Å²) in [6, 6.07) is 6.47. The van der Waals surface area contributed by atoms with Gasteiger partial charge in [-0.2, -0.15) is 0 Å². The Kier molecular flexibility index (Phi) is 4.38. The Hall–Kier alpha value is -1.18. The minimum Gasteiger partial charge on any atom is -0.334 e. The van der Waals surface area contributed by atoms with Crippen molar-refractivity contribution in [3.05, 3.63) is 54.5 Å². The van der Waals surface area contributed by atoms with Crippen LogP contribution in [0.4, 0.5) is 17.2 Å². The first-order chi connectivity index (χ1) is 8.97. The maximum atomic E-state index is 11.0. The molecular weight excluding hydrogens is 401 g/mol. The van der Waals surface area contributed by atoms with Crippen molar-refractivity contribution >= 4 is 60.7 Å². The molecule has 1 aromatic carbocycles. The van der Waals surface area contributed by atoms with E-state index in [0.717, 1.165) is 0 Å². The molecule has 0 spiro atoms. The fraction of sp³-hybridized carbons (Fsp3) is 0. The van der Waals surface area contributed by atoms with Crippen LogP contribution >= 0.6 is 43.5 Å². The van der Waals surface area contributed by atoms with Crippen LogP contribution in [-0.2, 0) is 0 Å². The van der Waals surface area contributed by atoms with Crippen molar-refractivity contribution in [3.8, 4) is 0 Å². The van der Waals surface area contributed by atoms with Gasteiger partial charge < -0.3 is 5.32 Å². The molecule has 8 heteroatoms. The summed E-state index contributed by atoms with van der Waals surface area (Å²) in [5.41, 5.74) is 0.526. The molecule has 1 N–H and O–H groups in total. The maximum Gasteiger partial charge on any atom is 0.312 e. The zero-order valence-corrected chi connectivity index (χ0v) is 13.2. The van der Waals surface area contributed by atoms with Crippen molar-refractivity contribution in [3.63, 3.8) is 0 Å². The van der Waals surface area contributed by atoms with Crippen LogP contribution in [0, 0.1) is 10.1 Å². The second kappa shape index (κ2) is 5.85. The van der Waals surface area contributed by atoms with E-state index >= 15 is 0 Å². The number of nitro groups is 1. The molecule has 0 fully saturated rings. The molecule has 0 aliphatic rings. The number of hydrogen-bond acceptors (Lipinski definition) is 4. The SMILES string of the molecule is O=[N+]([O-])c1cc(Br)cnc1Nc1ccc(Cl)cc1Br. The van der Waals surface area contributed by atoms with E-state index in [0.29, 0.717) is 19.7 Å². The highest BCUT2D eigenvalue weighted by Gasteiger charge is 2.16. The molecule has 0 aliphatic carbocycles. The fourth-order valence-corrected chi connectivity index (χ4v) is 2.48. The molecule has 0 saturated heterocycles. The summed E-state index contributed by atoms with van der Waals surface area (Å²) in [6.07, 6.45) is 1.49. The maximum absolute atomic E-state index is 11.0. The largest absolute Gasteiger partial charge is 0.334 e. The first-order valence-electron chi connectivity index (χ1n) is 4.99. The van der Waals surface area contributed by atoms with Crippen LogP contribution in [0.2, 0.25) is 5.02 Å². The van der Waals surface area contributed by atoms with Crippen LogP contribution in [0.25, 0.3) is 0 Å². The van der Waals surface area contributed by atoms with Crippen LogP contribution < -0.4 is 5.32 Å². The van der Waals surface area contributed by atoms with Gasteiger partial charge in [-0.15, -0.1) is 0 Å². The molecule has 0 aliphatic heterocycles. The highest BCUT2D eigenvalue weighted by molar-refractivity contribution is 9.10. The van der Waals surface area contributed by atoms with Gasteiger partial charge in [-0.05, 0) is 50.1 Å². The third-order valence-electron chi connectivity index (χ3n) is 2.22. The molecule has 2 aromatic rings. The molecule has 0 radical (unpaired) electrons. The average Bonchev–Trinajstić information content (AvgIpc) is 2.34. The number of hydrogen-bond donors (Lipinski definition) is 1. The van der Waals surface area contributed by atoms with Gasteiger partial charge >= 0.3 is 5.69 Å². The number of anilines is 2. The van der Waals surface area contributed by atoms with Crippen LogP contribution in [0.5, 0.6) is 0 Å². The van der Waals surface area contributed by atoms with Gasteiger partial charge in [0.2, 0.25) is 5.82 Å². The summed E-state index contributed by atoms with van der Waals surface area (Å²) in [5, 5.41) is 14.4. The van der Waals surface area contributed by atoms with Crippen molar-refractivity contribution < 1.29 is 4.92 Å². The van der Waals surface area contributed by atoms with Crippen molar-refractivity contribution in [1.82, 2.24) is 4.98 Å². The summed E-state index contributed by atoms with van der Waals surface area (Å²) in [6.45, 7) is 0. The molecule has 98 valence electrons. The Morgan fingerprint density at radius 2 is 2.05 bits per heavy atom. The zero-order chi connectivity index (χ0) is 14.0.